The van der Waals surface area contributed by atoms with E-state index in [9.17, 15) is 8.78 Å². The molecule has 0 spiro atoms. The lowest BCUT2D eigenvalue weighted by atomic mass is 10.2. The van der Waals surface area contributed by atoms with Crippen molar-refractivity contribution in [3.63, 3.8) is 0 Å². The third kappa shape index (κ3) is 3.38. The Morgan fingerprint density at radius 3 is 2.44 bits per heavy atom. The monoisotopic (exact) mass is 383 g/mol. The van der Waals surface area contributed by atoms with Crippen molar-refractivity contribution in [1.29, 1.82) is 0 Å². The first kappa shape index (κ1) is 17.5. The number of thioether (sulfide) groups is 1. The van der Waals surface area contributed by atoms with Crippen molar-refractivity contribution in [1.82, 2.24) is 14.8 Å². The molecule has 4 rings (SSSR count). The smallest absolute Gasteiger partial charge is 0.205 e. The number of para-hydroxylation sites is 1. The molecular weight excluding hydrogens is 368 g/mol. The zero-order chi connectivity index (χ0) is 18.8. The molecule has 0 aliphatic rings. The highest BCUT2D eigenvalue weighted by Crippen LogP contribution is 2.32. The fourth-order valence-electron chi connectivity index (χ4n) is 2.77. The molecule has 0 N–H and O–H groups in total. The topological polar surface area (TPSA) is 43.9 Å². The Bertz CT molecular complexity index is 1060. The summed E-state index contributed by atoms with van der Waals surface area (Å²) < 4.78 is 35.2. The highest BCUT2D eigenvalue weighted by molar-refractivity contribution is 7.98. The molecule has 0 unspecified atom stereocenters. The minimum atomic E-state index is -0.573. The third-order valence-corrected chi connectivity index (χ3v) is 5.09. The average molecular weight is 383 g/mol. The number of rotatable bonds is 5. The number of aromatic nitrogens is 3. The van der Waals surface area contributed by atoms with Gasteiger partial charge in [0.1, 0.15) is 11.6 Å². The van der Waals surface area contributed by atoms with Crippen molar-refractivity contribution in [3.05, 3.63) is 83.6 Å². The SMILES string of the molecule is Cc1ccccc1-n1c(SCc2c(F)cccc2F)nnc1-c1ccco1. The van der Waals surface area contributed by atoms with Crippen LogP contribution in [0, 0.1) is 18.6 Å². The van der Waals surface area contributed by atoms with E-state index in [0.29, 0.717) is 16.7 Å². The first-order valence-corrected chi connectivity index (χ1v) is 9.24. The maximum absolute atomic E-state index is 14.0. The van der Waals surface area contributed by atoms with Crippen LogP contribution in [0.1, 0.15) is 11.1 Å². The molecule has 0 aliphatic carbocycles. The van der Waals surface area contributed by atoms with Gasteiger partial charge in [0.2, 0.25) is 5.82 Å². The molecule has 136 valence electrons. The normalized spacial score (nSPS) is 11.1. The lowest BCUT2D eigenvalue weighted by Crippen LogP contribution is -2.02. The molecule has 2 heterocycles. The third-order valence-electron chi connectivity index (χ3n) is 4.14. The summed E-state index contributed by atoms with van der Waals surface area (Å²) in [5.41, 5.74) is 1.91. The van der Waals surface area contributed by atoms with Crippen LogP contribution in [-0.4, -0.2) is 14.8 Å². The number of aryl methyl sites for hydroxylation is 1. The van der Waals surface area contributed by atoms with Crippen LogP contribution < -0.4 is 0 Å². The summed E-state index contributed by atoms with van der Waals surface area (Å²) in [6, 6.07) is 15.2. The van der Waals surface area contributed by atoms with E-state index in [4.69, 9.17) is 4.42 Å². The molecule has 0 amide bonds. The van der Waals surface area contributed by atoms with E-state index in [1.807, 2.05) is 35.8 Å². The van der Waals surface area contributed by atoms with Gasteiger partial charge in [0, 0.05) is 11.3 Å². The summed E-state index contributed by atoms with van der Waals surface area (Å²) in [7, 11) is 0. The van der Waals surface area contributed by atoms with Crippen LogP contribution in [0.3, 0.4) is 0 Å². The Labute approximate surface area is 158 Å². The molecular formula is C20H15F2N3OS. The molecule has 4 aromatic rings. The number of benzene rings is 2. The van der Waals surface area contributed by atoms with Crippen LogP contribution in [0.4, 0.5) is 8.78 Å². The van der Waals surface area contributed by atoms with Gasteiger partial charge in [-0.2, -0.15) is 0 Å². The van der Waals surface area contributed by atoms with Gasteiger partial charge in [-0.15, -0.1) is 10.2 Å². The van der Waals surface area contributed by atoms with Crippen molar-refractivity contribution in [2.45, 2.75) is 17.8 Å². The first-order valence-electron chi connectivity index (χ1n) is 8.26. The van der Waals surface area contributed by atoms with Gasteiger partial charge in [-0.3, -0.25) is 4.57 Å². The minimum absolute atomic E-state index is 0.0152. The molecule has 0 saturated heterocycles. The fourth-order valence-corrected chi connectivity index (χ4v) is 3.73. The highest BCUT2D eigenvalue weighted by Gasteiger charge is 2.20. The molecule has 4 nitrogen and oxygen atoms in total. The Hall–Kier alpha value is -2.93. The lowest BCUT2D eigenvalue weighted by molar-refractivity contribution is 0.566. The number of hydrogen-bond donors (Lipinski definition) is 0. The summed E-state index contributed by atoms with van der Waals surface area (Å²) in [6.07, 6.45) is 1.56. The molecule has 0 fully saturated rings. The van der Waals surface area contributed by atoms with Gasteiger partial charge in [0.15, 0.2) is 10.9 Å². The summed E-state index contributed by atoms with van der Waals surface area (Å²) in [5.74, 6) is 0.0487. The molecule has 0 radical (unpaired) electrons. The number of nitrogens with zero attached hydrogens (tertiary/aromatic N) is 3. The molecule has 2 aromatic carbocycles. The van der Waals surface area contributed by atoms with Crippen molar-refractivity contribution in [3.8, 4) is 17.3 Å². The zero-order valence-electron chi connectivity index (χ0n) is 14.4. The van der Waals surface area contributed by atoms with E-state index in [0.717, 1.165) is 11.3 Å². The summed E-state index contributed by atoms with van der Waals surface area (Å²) in [4.78, 5) is 0. The van der Waals surface area contributed by atoms with Crippen molar-refractivity contribution >= 4 is 11.8 Å². The van der Waals surface area contributed by atoms with Crippen LogP contribution >= 0.6 is 11.8 Å². The molecule has 0 saturated carbocycles. The molecule has 7 heteroatoms. The Morgan fingerprint density at radius 1 is 0.963 bits per heavy atom. The largest absolute Gasteiger partial charge is 0.461 e. The second kappa shape index (κ2) is 7.36. The summed E-state index contributed by atoms with van der Waals surface area (Å²) in [5, 5.41) is 9.01. The number of furan rings is 1. The maximum atomic E-state index is 14.0. The molecule has 0 bridgehead atoms. The van der Waals surface area contributed by atoms with Crippen LogP contribution in [-0.2, 0) is 5.75 Å². The van der Waals surface area contributed by atoms with Gasteiger partial charge in [-0.05, 0) is 42.8 Å². The van der Waals surface area contributed by atoms with Crippen LogP contribution in [0.2, 0.25) is 0 Å². The van der Waals surface area contributed by atoms with Crippen molar-refractivity contribution in [2.75, 3.05) is 0 Å². The molecule has 2 aromatic heterocycles. The van der Waals surface area contributed by atoms with Crippen LogP contribution in [0.5, 0.6) is 0 Å². The fraction of sp³-hybridized carbons (Fsp3) is 0.100. The van der Waals surface area contributed by atoms with E-state index in [2.05, 4.69) is 10.2 Å². The van der Waals surface area contributed by atoms with Gasteiger partial charge < -0.3 is 4.42 Å². The van der Waals surface area contributed by atoms with Crippen LogP contribution in [0.25, 0.3) is 17.3 Å². The predicted octanol–water partition coefficient (Wildman–Crippen LogP) is 5.41. The number of hydrogen-bond acceptors (Lipinski definition) is 4. The molecule has 0 aliphatic heterocycles. The molecule has 0 atom stereocenters. The highest BCUT2D eigenvalue weighted by atomic mass is 32.2. The van der Waals surface area contributed by atoms with E-state index in [-0.39, 0.29) is 11.3 Å². The standard InChI is InChI=1S/C20H15F2N3OS/c1-13-6-2-3-9-17(13)25-19(18-10-5-11-26-18)23-24-20(25)27-12-14-15(21)7-4-8-16(14)22/h2-11H,12H2,1H3. The second-order valence-corrected chi connectivity index (χ2v) is 6.84. The van der Waals surface area contributed by atoms with E-state index in [1.54, 1.807) is 18.4 Å². The van der Waals surface area contributed by atoms with Crippen molar-refractivity contribution < 1.29 is 13.2 Å². The van der Waals surface area contributed by atoms with E-state index >= 15 is 0 Å². The Morgan fingerprint density at radius 2 is 1.74 bits per heavy atom. The van der Waals surface area contributed by atoms with Gasteiger partial charge in [-0.1, -0.05) is 36.0 Å². The predicted molar refractivity (Wildman–Crippen MR) is 99.7 cm³/mol. The van der Waals surface area contributed by atoms with Gasteiger partial charge >= 0.3 is 0 Å². The van der Waals surface area contributed by atoms with Gasteiger partial charge in [-0.25, -0.2) is 8.78 Å². The lowest BCUT2D eigenvalue weighted by Gasteiger charge is -2.12. The van der Waals surface area contributed by atoms with Crippen LogP contribution in [0.15, 0.2) is 70.4 Å². The quantitative estimate of drug-likeness (QED) is 0.433. The number of halogens is 2. The first-order chi connectivity index (χ1) is 13.1. The maximum Gasteiger partial charge on any atom is 0.205 e. The summed E-state index contributed by atoms with van der Waals surface area (Å²) in [6.45, 7) is 1.98. The Balaban J connectivity index is 1.76. The van der Waals surface area contributed by atoms with E-state index < -0.39 is 11.6 Å². The zero-order valence-corrected chi connectivity index (χ0v) is 15.2. The minimum Gasteiger partial charge on any atom is -0.461 e. The summed E-state index contributed by atoms with van der Waals surface area (Å²) >= 11 is 1.22. The van der Waals surface area contributed by atoms with Crippen molar-refractivity contribution in [2.24, 2.45) is 0 Å². The second-order valence-electron chi connectivity index (χ2n) is 5.89. The Kier molecular flexibility index (Phi) is 4.77. The molecule has 27 heavy (non-hydrogen) atoms. The van der Waals surface area contributed by atoms with Gasteiger partial charge in [0.05, 0.1) is 12.0 Å². The van der Waals surface area contributed by atoms with Gasteiger partial charge in [0.25, 0.3) is 0 Å². The van der Waals surface area contributed by atoms with E-state index in [1.165, 1.54) is 30.0 Å². The average Bonchev–Trinajstić information content (AvgIpc) is 3.31.